The molecule has 1 N–H and O–H groups in total. The summed E-state index contributed by atoms with van der Waals surface area (Å²) in [5.74, 6) is -0.382. The van der Waals surface area contributed by atoms with E-state index in [1.165, 1.54) is 23.9 Å². The van der Waals surface area contributed by atoms with Gasteiger partial charge >= 0.3 is 5.88 Å². The van der Waals surface area contributed by atoms with E-state index in [-0.39, 0.29) is 24.1 Å². The van der Waals surface area contributed by atoms with E-state index in [2.05, 4.69) is 44.6 Å². The Morgan fingerprint density at radius 3 is 2.54 bits per heavy atom. The van der Waals surface area contributed by atoms with Crippen LogP contribution in [0.3, 0.4) is 0 Å². The Morgan fingerprint density at radius 1 is 1.14 bits per heavy atom. The predicted octanol–water partition coefficient (Wildman–Crippen LogP) is 1.50. The number of rotatable bonds is 8. The number of amides is 1. The molecular weight excluding hydrogens is 362 g/mol. The number of carbonyl (C=O) groups is 1. The molecule has 1 aliphatic heterocycles. The van der Waals surface area contributed by atoms with Crippen LogP contribution in [-0.2, 0) is 11.2 Å². The summed E-state index contributed by atoms with van der Waals surface area (Å²) in [6, 6.07) is 13.1. The van der Waals surface area contributed by atoms with Gasteiger partial charge in [0.15, 0.2) is 5.76 Å². The Morgan fingerprint density at radius 2 is 1.86 bits per heavy atom. The summed E-state index contributed by atoms with van der Waals surface area (Å²) < 4.78 is 4.93. The molecule has 9 nitrogen and oxygen atoms in total. The molecular formula is C19H23N5O4. The van der Waals surface area contributed by atoms with Crippen molar-refractivity contribution in [2.75, 3.05) is 39.3 Å². The van der Waals surface area contributed by atoms with Crippen molar-refractivity contribution in [3.8, 4) is 0 Å². The highest BCUT2D eigenvalue weighted by atomic mass is 16.6. The molecule has 2 heterocycles. The first kappa shape index (κ1) is 19.7. The summed E-state index contributed by atoms with van der Waals surface area (Å²) in [5.41, 5.74) is 3.76. The maximum atomic E-state index is 12.0. The first-order valence-electron chi connectivity index (χ1n) is 9.15. The smallest absolute Gasteiger partial charge is 0.400 e. The van der Waals surface area contributed by atoms with Gasteiger partial charge in [-0.3, -0.25) is 19.8 Å². The zero-order valence-electron chi connectivity index (χ0n) is 15.5. The molecule has 0 aliphatic carbocycles. The minimum atomic E-state index is -0.630. The number of furan rings is 1. The second kappa shape index (κ2) is 9.77. The highest BCUT2D eigenvalue weighted by Gasteiger charge is 2.18. The first-order valence-corrected chi connectivity index (χ1v) is 9.15. The van der Waals surface area contributed by atoms with E-state index in [1.54, 1.807) is 0 Å². The molecule has 0 atom stereocenters. The third kappa shape index (κ3) is 6.00. The lowest BCUT2D eigenvalue weighted by molar-refractivity contribution is -0.402. The van der Waals surface area contributed by atoms with Crippen molar-refractivity contribution in [3.63, 3.8) is 0 Å². The van der Waals surface area contributed by atoms with Crippen molar-refractivity contribution >= 4 is 18.0 Å². The van der Waals surface area contributed by atoms with Gasteiger partial charge in [-0.2, -0.15) is 5.10 Å². The third-order valence-electron chi connectivity index (χ3n) is 4.57. The van der Waals surface area contributed by atoms with Gasteiger partial charge in [-0.15, -0.1) is 0 Å². The fraction of sp³-hybridized carbons (Fsp3) is 0.368. The zero-order valence-corrected chi connectivity index (χ0v) is 15.5. The monoisotopic (exact) mass is 385 g/mol. The molecule has 2 aromatic rings. The topological polar surface area (TPSA) is 104 Å². The van der Waals surface area contributed by atoms with Gasteiger partial charge in [-0.1, -0.05) is 30.3 Å². The lowest BCUT2D eigenvalue weighted by atomic mass is 10.1. The van der Waals surface area contributed by atoms with Crippen LogP contribution in [-0.4, -0.2) is 66.1 Å². The van der Waals surface area contributed by atoms with Crippen LogP contribution in [0.15, 0.2) is 52.0 Å². The van der Waals surface area contributed by atoms with Crippen LogP contribution in [0, 0.1) is 10.1 Å². The van der Waals surface area contributed by atoms with Crippen LogP contribution in [0.25, 0.3) is 0 Å². The number of hydrazone groups is 1. The highest BCUT2D eigenvalue weighted by molar-refractivity contribution is 5.81. The average Bonchev–Trinajstić information content (AvgIpc) is 3.18. The van der Waals surface area contributed by atoms with E-state index in [9.17, 15) is 14.9 Å². The predicted molar refractivity (Wildman–Crippen MR) is 104 cm³/mol. The van der Waals surface area contributed by atoms with Gasteiger partial charge in [-0.05, 0) is 18.1 Å². The number of nitrogens with one attached hydrogen (secondary N) is 1. The average molecular weight is 385 g/mol. The number of nitro groups is 1. The van der Waals surface area contributed by atoms with Crippen LogP contribution in [0.1, 0.15) is 11.3 Å². The Balaban J connectivity index is 1.34. The van der Waals surface area contributed by atoms with E-state index < -0.39 is 4.92 Å². The quantitative estimate of drug-likeness (QED) is 0.419. The van der Waals surface area contributed by atoms with E-state index >= 15 is 0 Å². The normalized spacial score (nSPS) is 15.7. The molecule has 9 heteroatoms. The minimum absolute atomic E-state index is 0.207. The van der Waals surface area contributed by atoms with Crippen molar-refractivity contribution in [2.24, 2.45) is 5.10 Å². The van der Waals surface area contributed by atoms with Crippen molar-refractivity contribution < 1.29 is 14.1 Å². The van der Waals surface area contributed by atoms with Crippen molar-refractivity contribution in [3.05, 3.63) is 63.9 Å². The van der Waals surface area contributed by atoms with Crippen LogP contribution in [0.4, 0.5) is 5.88 Å². The Labute approximate surface area is 162 Å². The number of benzene rings is 1. The summed E-state index contributed by atoms with van der Waals surface area (Å²) in [6.45, 7) is 4.80. The van der Waals surface area contributed by atoms with Crippen molar-refractivity contribution in [1.82, 2.24) is 15.2 Å². The van der Waals surface area contributed by atoms with Gasteiger partial charge in [-0.25, -0.2) is 5.43 Å². The molecule has 148 valence electrons. The standard InChI is InChI=1S/C19H23N5O4/c25-18(21-20-14-17-6-7-19(28-17)24(26)27)15-23-12-10-22(11-13-23)9-8-16-4-2-1-3-5-16/h1-7,14H,8-13,15H2,(H,21,25). The van der Waals surface area contributed by atoms with Gasteiger partial charge in [0.25, 0.3) is 5.91 Å². The third-order valence-corrected chi connectivity index (χ3v) is 4.57. The number of carbonyl (C=O) groups excluding carboxylic acids is 1. The maximum Gasteiger partial charge on any atom is 0.433 e. The summed E-state index contributed by atoms with van der Waals surface area (Å²) in [4.78, 5) is 26.4. The Hall–Kier alpha value is -3.04. The van der Waals surface area contributed by atoms with Crippen molar-refractivity contribution in [2.45, 2.75) is 6.42 Å². The molecule has 0 unspecified atom stereocenters. The molecule has 0 radical (unpaired) electrons. The van der Waals surface area contributed by atoms with Gasteiger partial charge in [0.1, 0.15) is 4.92 Å². The second-order valence-corrected chi connectivity index (χ2v) is 6.58. The van der Waals surface area contributed by atoms with Crippen LogP contribution < -0.4 is 5.43 Å². The summed E-state index contributed by atoms with van der Waals surface area (Å²) in [7, 11) is 0. The molecule has 28 heavy (non-hydrogen) atoms. The SMILES string of the molecule is O=C(CN1CCN(CCc2ccccc2)CC1)NN=Cc1ccc([N+](=O)[O-])o1. The van der Waals surface area contributed by atoms with E-state index in [0.29, 0.717) is 0 Å². The number of hydrogen-bond donors (Lipinski definition) is 1. The molecule has 3 rings (SSSR count). The molecule has 0 saturated carbocycles. The molecule has 1 aromatic heterocycles. The van der Waals surface area contributed by atoms with E-state index in [0.717, 1.165) is 39.1 Å². The molecule has 1 aromatic carbocycles. The number of nitrogens with zero attached hydrogens (tertiary/aromatic N) is 4. The van der Waals surface area contributed by atoms with Crippen LogP contribution in [0.2, 0.25) is 0 Å². The molecule has 1 aliphatic rings. The second-order valence-electron chi connectivity index (χ2n) is 6.58. The maximum absolute atomic E-state index is 12.0. The van der Waals surface area contributed by atoms with Gasteiger partial charge in [0, 0.05) is 32.7 Å². The molecule has 1 fully saturated rings. The summed E-state index contributed by atoms with van der Waals surface area (Å²) >= 11 is 0. The lowest BCUT2D eigenvalue weighted by Gasteiger charge is -2.34. The van der Waals surface area contributed by atoms with Crippen LogP contribution >= 0.6 is 0 Å². The number of piperazine rings is 1. The molecule has 0 spiro atoms. The van der Waals surface area contributed by atoms with Gasteiger partial charge in [0.2, 0.25) is 0 Å². The minimum Gasteiger partial charge on any atom is -0.400 e. The molecule has 1 saturated heterocycles. The molecule has 1 amide bonds. The van der Waals surface area contributed by atoms with Gasteiger partial charge < -0.3 is 9.32 Å². The summed E-state index contributed by atoms with van der Waals surface area (Å²) in [5, 5.41) is 14.3. The van der Waals surface area contributed by atoms with Crippen molar-refractivity contribution in [1.29, 1.82) is 0 Å². The first-order chi connectivity index (χ1) is 13.6. The van der Waals surface area contributed by atoms with E-state index in [1.807, 2.05) is 6.07 Å². The highest BCUT2D eigenvalue weighted by Crippen LogP contribution is 2.13. The Kier molecular flexibility index (Phi) is 6.88. The lowest BCUT2D eigenvalue weighted by Crippen LogP contribution is -2.49. The largest absolute Gasteiger partial charge is 0.433 e. The zero-order chi connectivity index (χ0) is 19.8. The van der Waals surface area contributed by atoms with Crippen LogP contribution in [0.5, 0.6) is 0 Å². The van der Waals surface area contributed by atoms with E-state index in [4.69, 9.17) is 4.42 Å². The number of hydrogen-bond acceptors (Lipinski definition) is 7. The molecule has 0 bridgehead atoms. The Bertz CT molecular complexity index is 813. The summed E-state index contributed by atoms with van der Waals surface area (Å²) in [6.07, 6.45) is 2.27. The fourth-order valence-corrected chi connectivity index (χ4v) is 3.02. The fourth-order valence-electron chi connectivity index (χ4n) is 3.02. The van der Waals surface area contributed by atoms with Gasteiger partial charge in [0.05, 0.1) is 18.8 Å².